The van der Waals surface area contributed by atoms with Crippen LogP contribution < -0.4 is 20.1 Å². The zero-order valence-corrected chi connectivity index (χ0v) is 13.6. The van der Waals surface area contributed by atoms with Crippen LogP contribution in [0.1, 0.15) is 0 Å². The lowest BCUT2D eigenvalue weighted by molar-refractivity contribution is 0.0389. The van der Waals surface area contributed by atoms with Crippen LogP contribution in [-0.2, 0) is 4.74 Å². The molecule has 1 aromatic heterocycles. The van der Waals surface area contributed by atoms with Crippen molar-refractivity contribution in [2.24, 2.45) is 0 Å². The summed E-state index contributed by atoms with van der Waals surface area (Å²) in [5.41, 5.74) is 0. The molecule has 0 spiro atoms. The Balaban J connectivity index is 1.78. The molecule has 1 saturated heterocycles. The molecule has 0 radical (unpaired) electrons. The Morgan fingerprint density at radius 1 is 1.27 bits per heavy atom. The van der Waals surface area contributed by atoms with Crippen molar-refractivity contribution in [1.29, 1.82) is 0 Å². The first-order chi connectivity index (χ1) is 10.7. The van der Waals surface area contributed by atoms with Crippen molar-refractivity contribution in [3.05, 3.63) is 6.07 Å². The largest absolute Gasteiger partial charge is 0.481 e. The SMILES string of the molecule is COc1cc(OC)nc(NC(=S)NCCN2CCOCC2)n1. The molecule has 0 amide bonds. The molecule has 9 heteroatoms. The summed E-state index contributed by atoms with van der Waals surface area (Å²) in [6.07, 6.45) is 0. The van der Waals surface area contributed by atoms with Crippen LogP contribution in [-0.4, -0.2) is 73.6 Å². The first kappa shape index (κ1) is 16.7. The van der Waals surface area contributed by atoms with Gasteiger partial charge in [0, 0.05) is 26.2 Å². The molecule has 1 aromatic rings. The highest BCUT2D eigenvalue weighted by atomic mass is 32.1. The third-order valence-corrected chi connectivity index (χ3v) is 3.39. The zero-order chi connectivity index (χ0) is 15.8. The maximum absolute atomic E-state index is 5.31. The molecule has 1 fully saturated rings. The van der Waals surface area contributed by atoms with Crippen molar-refractivity contribution >= 4 is 23.3 Å². The Hall–Kier alpha value is -1.71. The van der Waals surface area contributed by atoms with Crippen molar-refractivity contribution in [2.75, 3.05) is 58.9 Å². The lowest BCUT2D eigenvalue weighted by atomic mass is 10.4. The first-order valence-electron chi connectivity index (χ1n) is 7.03. The van der Waals surface area contributed by atoms with Gasteiger partial charge in [0.05, 0.1) is 33.5 Å². The van der Waals surface area contributed by atoms with Crippen molar-refractivity contribution in [1.82, 2.24) is 20.2 Å². The van der Waals surface area contributed by atoms with E-state index in [2.05, 4.69) is 25.5 Å². The van der Waals surface area contributed by atoms with E-state index in [1.807, 2.05) is 0 Å². The van der Waals surface area contributed by atoms with E-state index in [4.69, 9.17) is 26.4 Å². The third-order valence-electron chi connectivity index (χ3n) is 3.14. The Kier molecular flexibility index (Phi) is 6.56. The molecule has 122 valence electrons. The summed E-state index contributed by atoms with van der Waals surface area (Å²) in [6.45, 7) is 5.15. The smallest absolute Gasteiger partial charge is 0.235 e. The predicted molar refractivity (Wildman–Crippen MR) is 86.6 cm³/mol. The van der Waals surface area contributed by atoms with Crippen LogP contribution in [0.2, 0.25) is 0 Å². The highest BCUT2D eigenvalue weighted by Gasteiger charge is 2.10. The third kappa shape index (κ3) is 5.24. The minimum Gasteiger partial charge on any atom is -0.481 e. The maximum Gasteiger partial charge on any atom is 0.235 e. The van der Waals surface area contributed by atoms with Crippen molar-refractivity contribution in [2.45, 2.75) is 0 Å². The zero-order valence-electron chi connectivity index (χ0n) is 12.8. The maximum atomic E-state index is 5.31. The fraction of sp³-hybridized carbons (Fsp3) is 0.615. The van der Waals surface area contributed by atoms with E-state index in [-0.39, 0.29) is 0 Å². The lowest BCUT2D eigenvalue weighted by Crippen LogP contribution is -2.42. The van der Waals surface area contributed by atoms with Gasteiger partial charge in [-0.05, 0) is 12.2 Å². The van der Waals surface area contributed by atoms with Crippen LogP contribution in [0.4, 0.5) is 5.95 Å². The Morgan fingerprint density at radius 3 is 2.50 bits per heavy atom. The van der Waals surface area contributed by atoms with Gasteiger partial charge in [0.25, 0.3) is 0 Å². The number of morpholine rings is 1. The minimum atomic E-state index is 0.333. The number of hydrogen-bond donors (Lipinski definition) is 2. The molecule has 2 N–H and O–H groups in total. The Bertz CT molecular complexity index is 474. The van der Waals surface area contributed by atoms with E-state index in [0.717, 1.165) is 39.4 Å². The van der Waals surface area contributed by atoms with E-state index in [1.165, 1.54) is 14.2 Å². The molecule has 0 atom stereocenters. The second-order valence-electron chi connectivity index (χ2n) is 4.61. The normalized spacial score (nSPS) is 15.2. The van der Waals surface area contributed by atoms with Crippen molar-refractivity contribution in [3.8, 4) is 11.8 Å². The molecule has 2 heterocycles. The molecule has 0 aromatic carbocycles. The molecular weight excluding hydrogens is 306 g/mol. The molecule has 8 nitrogen and oxygen atoms in total. The molecule has 0 unspecified atom stereocenters. The number of ether oxygens (including phenoxy) is 3. The van der Waals surface area contributed by atoms with Gasteiger partial charge in [-0.3, -0.25) is 4.90 Å². The lowest BCUT2D eigenvalue weighted by Gasteiger charge is -2.26. The second kappa shape index (κ2) is 8.66. The van der Waals surface area contributed by atoms with Crippen LogP contribution in [0.5, 0.6) is 11.8 Å². The number of aromatic nitrogens is 2. The van der Waals surface area contributed by atoms with E-state index < -0.39 is 0 Å². The number of hydrogen-bond acceptors (Lipinski definition) is 7. The van der Waals surface area contributed by atoms with Gasteiger partial charge in [0.15, 0.2) is 5.11 Å². The topological polar surface area (TPSA) is 80.8 Å². The Morgan fingerprint density at radius 2 is 1.91 bits per heavy atom. The summed E-state index contributed by atoms with van der Waals surface area (Å²) in [7, 11) is 3.06. The average molecular weight is 327 g/mol. The number of anilines is 1. The van der Waals surface area contributed by atoms with Crippen LogP contribution >= 0.6 is 12.2 Å². The predicted octanol–water partition coefficient (Wildman–Crippen LogP) is 0.112. The van der Waals surface area contributed by atoms with Crippen LogP contribution in [0.15, 0.2) is 6.07 Å². The van der Waals surface area contributed by atoms with Gasteiger partial charge < -0.3 is 24.8 Å². The molecule has 22 heavy (non-hydrogen) atoms. The fourth-order valence-corrected chi connectivity index (χ4v) is 2.16. The summed E-state index contributed by atoms with van der Waals surface area (Å²) in [4.78, 5) is 10.6. The molecule has 1 aliphatic heterocycles. The highest BCUT2D eigenvalue weighted by Crippen LogP contribution is 2.17. The summed E-state index contributed by atoms with van der Waals surface area (Å²) in [5.74, 6) is 1.15. The monoisotopic (exact) mass is 327 g/mol. The van der Waals surface area contributed by atoms with Gasteiger partial charge in [-0.1, -0.05) is 0 Å². The number of thiocarbonyl (C=S) groups is 1. The van der Waals surface area contributed by atoms with Crippen LogP contribution in [0.3, 0.4) is 0 Å². The molecule has 0 saturated carbocycles. The van der Waals surface area contributed by atoms with Crippen LogP contribution in [0, 0.1) is 0 Å². The molecule has 1 aliphatic rings. The Labute approximate surface area is 135 Å². The van der Waals surface area contributed by atoms with E-state index in [1.54, 1.807) is 6.07 Å². The van der Waals surface area contributed by atoms with Gasteiger partial charge in [-0.15, -0.1) is 0 Å². The highest BCUT2D eigenvalue weighted by molar-refractivity contribution is 7.80. The van der Waals surface area contributed by atoms with Crippen molar-refractivity contribution < 1.29 is 14.2 Å². The van der Waals surface area contributed by atoms with E-state index in [0.29, 0.717) is 22.8 Å². The molecule has 0 aliphatic carbocycles. The van der Waals surface area contributed by atoms with Gasteiger partial charge >= 0.3 is 0 Å². The standard InChI is InChI=1S/C13H21N5O3S/c1-19-10-9-11(20-2)16-12(15-10)17-13(22)14-3-4-18-5-7-21-8-6-18/h9H,3-8H2,1-2H3,(H2,14,15,16,17,22). The average Bonchev–Trinajstić information content (AvgIpc) is 2.55. The number of methoxy groups -OCH3 is 2. The number of rotatable bonds is 6. The first-order valence-corrected chi connectivity index (χ1v) is 7.44. The van der Waals surface area contributed by atoms with E-state index >= 15 is 0 Å². The molecular formula is C13H21N5O3S. The van der Waals surface area contributed by atoms with Crippen molar-refractivity contribution in [3.63, 3.8) is 0 Å². The molecule has 0 bridgehead atoms. The van der Waals surface area contributed by atoms with Gasteiger partial charge in [0.2, 0.25) is 17.7 Å². The minimum absolute atomic E-state index is 0.333. The summed E-state index contributed by atoms with van der Waals surface area (Å²) >= 11 is 5.23. The van der Waals surface area contributed by atoms with Gasteiger partial charge in [-0.2, -0.15) is 9.97 Å². The summed E-state index contributed by atoms with van der Waals surface area (Å²) in [5, 5.41) is 6.52. The summed E-state index contributed by atoms with van der Waals surface area (Å²) < 4.78 is 15.5. The fourth-order valence-electron chi connectivity index (χ4n) is 1.97. The number of nitrogens with one attached hydrogen (secondary N) is 2. The number of nitrogens with zero attached hydrogens (tertiary/aromatic N) is 3. The van der Waals surface area contributed by atoms with Crippen LogP contribution in [0.25, 0.3) is 0 Å². The molecule has 2 rings (SSSR count). The van der Waals surface area contributed by atoms with Gasteiger partial charge in [0.1, 0.15) is 0 Å². The summed E-state index contributed by atoms with van der Waals surface area (Å²) in [6, 6.07) is 1.60. The van der Waals surface area contributed by atoms with E-state index in [9.17, 15) is 0 Å². The van der Waals surface area contributed by atoms with Gasteiger partial charge in [-0.25, -0.2) is 0 Å². The quantitative estimate of drug-likeness (QED) is 0.708. The second-order valence-corrected chi connectivity index (χ2v) is 5.02.